The van der Waals surface area contributed by atoms with Gasteiger partial charge in [0.25, 0.3) is 5.91 Å². The van der Waals surface area contributed by atoms with Gasteiger partial charge < -0.3 is 4.74 Å². The van der Waals surface area contributed by atoms with Crippen molar-refractivity contribution in [1.82, 2.24) is 0 Å². The van der Waals surface area contributed by atoms with E-state index in [1.54, 1.807) is 37.5 Å². The molecule has 0 saturated carbocycles. The molecular formula is C17H13FN2O2S. The zero-order valence-electron chi connectivity index (χ0n) is 12.2. The van der Waals surface area contributed by atoms with Gasteiger partial charge in [0, 0.05) is 0 Å². The first-order valence-electron chi connectivity index (χ1n) is 6.81. The number of hydrogen-bond donors (Lipinski definition) is 1. The molecule has 23 heavy (non-hydrogen) atoms. The molecule has 0 aliphatic carbocycles. The van der Waals surface area contributed by atoms with Crippen molar-refractivity contribution in [3.8, 4) is 5.75 Å². The molecule has 1 fully saturated rings. The van der Waals surface area contributed by atoms with Crippen LogP contribution < -0.4 is 9.64 Å². The third kappa shape index (κ3) is 2.98. The number of nitrogens with zero attached hydrogens (tertiary/aromatic N) is 1. The molecule has 2 aromatic rings. The molecule has 1 heterocycles. The lowest BCUT2D eigenvalue weighted by molar-refractivity contribution is -0.113. The van der Waals surface area contributed by atoms with Crippen LogP contribution in [0.15, 0.2) is 53.4 Å². The van der Waals surface area contributed by atoms with Crippen LogP contribution in [0.25, 0.3) is 6.08 Å². The highest BCUT2D eigenvalue weighted by Crippen LogP contribution is 2.36. The fraction of sp³-hybridized carbons (Fsp3) is 0.0588. The van der Waals surface area contributed by atoms with Gasteiger partial charge >= 0.3 is 0 Å². The van der Waals surface area contributed by atoms with E-state index in [4.69, 9.17) is 10.1 Å². The van der Waals surface area contributed by atoms with Gasteiger partial charge in [-0.3, -0.25) is 15.1 Å². The van der Waals surface area contributed by atoms with Gasteiger partial charge in [-0.1, -0.05) is 24.3 Å². The highest BCUT2D eigenvalue weighted by atomic mass is 32.2. The van der Waals surface area contributed by atoms with Crippen LogP contribution in [0.3, 0.4) is 0 Å². The number of ether oxygens (including phenoxy) is 1. The average Bonchev–Trinajstić information content (AvgIpc) is 2.83. The van der Waals surface area contributed by atoms with Crippen LogP contribution in [0.4, 0.5) is 10.1 Å². The van der Waals surface area contributed by atoms with Gasteiger partial charge in [-0.25, -0.2) is 4.39 Å². The molecule has 1 aliphatic heterocycles. The monoisotopic (exact) mass is 328 g/mol. The molecule has 0 bridgehead atoms. The van der Waals surface area contributed by atoms with Crippen molar-refractivity contribution in [2.45, 2.75) is 0 Å². The van der Waals surface area contributed by atoms with Crippen LogP contribution in [0.1, 0.15) is 5.56 Å². The van der Waals surface area contributed by atoms with E-state index in [1.807, 2.05) is 12.1 Å². The molecule has 1 saturated heterocycles. The summed E-state index contributed by atoms with van der Waals surface area (Å²) in [6.07, 6.45) is 1.68. The number of para-hydroxylation sites is 1. The fourth-order valence-electron chi connectivity index (χ4n) is 2.19. The first-order valence-corrected chi connectivity index (χ1v) is 7.63. The smallest absolute Gasteiger partial charge is 0.271 e. The number of benzene rings is 2. The number of halogens is 1. The minimum absolute atomic E-state index is 0.0140. The maximum absolute atomic E-state index is 13.9. The summed E-state index contributed by atoms with van der Waals surface area (Å²) in [5.41, 5.74) is 0.901. The second kappa shape index (κ2) is 6.26. The number of carbonyl (C=O) groups is 1. The second-order valence-electron chi connectivity index (χ2n) is 4.78. The molecule has 0 aromatic heterocycles. The Kier molecular flexibility index (Phi) is 4.16. The SMILES string of the molecule is COc1ccc(/C=C2/SC(=N)N(c3ccccc3F)C2=O)cc1. The molecule has 0 unspecified atom stereocenters. The Balaban J connectivity index is 1.91. The van der Waals surface area contributed by atoms with E-state index in [2.05, 4.69) is 0 Å². The normalized spacial score (nSPS) is 16.3. The second-order valence-corrected chi connectivity index (χ2v) is 5.81. The van der Waals surface area contributed by atoms with Gasteiger partial charge in [0.1, 0.15) is 11.6 Å². The van der Waals surface area contributed by atoms with E-state index >= 15 is 0 Å². The highest BCUT2D eigenvalue weighted by Gasteiger charge is 2.34. The minimum atomic E-state index is -0.531. The molecule has 6 heteroatoms. The maximum Gasteiger partial charge on any atom is 0.271 e. The molecule has 1 amide bonds. The number of nitrogens with one attached hydrogen (secondary N) is 1. The Morgan fingerprint density at radius 3 is 2.52 bits per heavy atom. The van der Waals surface area contributed by atoms with E-state index in [9.17, 15) is 9.18 Å². The van der Waals surface area contributed by atoms with E-state index in [0.717, 1.165) is 28.0 Å². The molecule has 1 N–H and O–H groups in total. The zero-order chi connectivity index (χ0) is 16.4. The lowest BCUT2D eigenvalue weighted by Crippen LogP contribution is -2.28. The van der Waals surface area contributed by atoms with Gasteiger partial charge in [0.2, 0.25) is 0 Å². The average molecular weight is 328 g/mol. The van der Waals surface area contributed by atoms with E-state index in [1.165, 1.54) is 12.1 Å². The summed E-state index contributed by atoms with van der Waals surface area (Å²) in [6.45, 7) is 0. The Bertz CT molecular complexity index is 802. The standard InChI is InChI=1S/C17H13FN2O2S/c1-22-12-8-6-11(7-9-12)10-15-16(21)20(17(19)23-15)14-5-3-2-4-13(14)18/h2-10,19H,1H3/b15-10+,19-17?. The Labute approximate surface area is 137 Å². The summed E-state index contributed by atoms with van der Waals surface area (Å²) in [5, 5.41) is 7.96. The molecular weight excluding hydrogens is 315 g/mol. The number of hydrogen-bond acceptors (Lipinski definition) is 4. The number of anilines is 1. The summed E-state index contributed by atoms with van der Waals surface area (Å²) in [4.78, 5) is 14.0. The van der Waals surface area contributed by atoms with Crippen LogP contribution >= 0.6 is 11.8 Å². The fourth-order valence-corrected chi connectivity index (χ4v) is 3.04. The van der Waals surface area contributed by atoms with E-state index < -0.39 is 11.7 Å². The van der Waals surface area contributed by atoms with E-state index in [0.29, 0.717) is 4.91 Å². The number of carbonyl (C=O) groups excluding carboxylic acids is 1. The molecule has 116 valence electrons. The Morgan fingerprint density at radius 1 is 1.17 bits per heavy atom. The van der Waals surface area contributed by atoms with Gasteiger partial charge in [-0.2, -0.15) is 0 Å². The molecule has 4 nitrogen and oxygen atoms in total. The van der Waals surface area contributed by atoms with Crippen molar-refractivity contribution in [2.75, 3.05) is 12.0 Å². The number of amides is 1. The van der Waals surface area contributed by atoms with Gasteiger partial charge in [-0.15, -0.1) is 0 Å². The molecule has 3 rings (SSSR count). The number of thioether (sulfide) groups is 1. The first kappa shape index (κ1) is 15.3. The lowest BCUT2D eigenvalue weighted by Gasteiger charge is -2.14. The molecule has 0 radical (unpaired) electrons. The van der Waals surface area contributed by atoms with Gasteiger partial charge in [0.15, 0.2) is 5.17 Å². The number of methoxy groups -OCH3 is 1. The zero-order valence-corrected chi connectivity index (χ0v) is 13.1. The van der Waals surface area contributed by atoms with Crippen molar-refractivity contribution >= 4 is 34.6 Å². The number of rotatable bonds is 3. The van der Waals surface area contributed by atoms with Gasteiger partial charge in [-0.05, 0) is 47.7 Å². The predicted octanol–water partition coefficient (Wildman–Crippen LogP) is 3.89. The quantitative estimate of drug-likeness (QED) is 0.870. The summed E-state index contributed by atoms with van der Waals surface area (Å²) >= 11 is 1.01. The van der Waals surface area contributed by atoms with Crippen LogP contribution in [0.2, 0.25) is 0 Å². The van der Waals surface area contributed by atoms with Crippen molar-refractivity contribution in [3.05, 3.63) is 64.8 Å². The largest absolute Gasteiger partial charge is 0.497 e. The van der Waals surface area contributed by atoms with Crippen molar-refractivity contribution in [3.63, 3.8) is 0 Å². The Morgan fingerprint density at radius 2 is 1.87 bits per heavy atom. The molecule has 0 spiro atoms. The molecule has 1 aliphatic rings. The molecule has 0 atom stereocenters. The first-order chi connectivity index (χ1) is 11.1. The highest BCUT2D eigenvalue weighted by molar-refractivity contribution is 8.19. The third-order valence-corrected chi connectivity index (χ3v) is 4.22. The van der Waals surface area contributed by atoms with Crippen LogP contribution in [-0.4, -0.2) is 18.2 Å². The summed E-state index contributed by atoms with van der Waals surface area (Å²) < 4.78 is 19.0. The summed E-state index contributed by atoms with van der Waals surface area (Å²) in [5.74, 6) is -0.212. The predicted molar refractivity (Wildman–Crippen MR) is 90.2 cm³/mol. The van der Waals surface area contributed by atoms with Crippen LogP contribution in [0, 0.1) is 11.2 Å². The van der Waals surface area contributed by atoms with Gasteiger partial charge in [0.05, 0.1) is 17.7 Å². The van der Waals surface area contributed by atoms with Crippen LogP contribution in [-0.2, 0) is 4.79 Å². The van der Waals surface area contributed by atoms with E-state index in [-0.39, 0.29) is 10.9 Å². The minimum Gasteiger partial charge on any atom is -0.497 e. The van der Waals surface area contributed by atoms with Crippen molar-refractivity contribution in [2.24, 2.45) is 0 Å². The Hall–Kier alpha value is -2.60. The summed E-state index contributed by atoms with van der Waals surface area (Å²) in [7, 11) is 1.58. The maximum atomic E-state index is 13.9. The topological polar surface area (TPSA) is 53.4 Å². The summed E-state index contributed by atoms with van der Waals surface area (Å²) in [6, 6.07) is 13.1. The van der Waals surface area contributed by atoms with Crippen molar-refractivity contribution < 1.29 is 13.9 Å². The lowest BCUT2D eigenvalue weighted by atomic mass is 10.2. The van der Waals surface area contributed by atoms with Crippen LogP contribution in [0.5, 0.6) is 5.75 Å². The van der Waals surface area contributed by atoms with Crippen molar-refractivity contribution in [1.29, 1.82) is 5.41 Å². The third-order valence-electron chi connectivity index (χ3n) is 3.33. The molecule has 2 aromatic carbocycles. The number of amidine groups is 1.